The second kappa shape index (κ2) is 5.91. The number of carbonyl (C=O) groups is 2. The monoisotopic (exact) mass is 341 g/mol. The average Bonchev–Trinajstić information content (AvgIpc) is 3.00. The van der Waals surface area contributed by atoms with Gasteiger partial charge in [-0.15, -0.1) is 0 Å². The minimum Gasteiger partial charge on any atom is -0.326 e. The van der Waals surface area contributed by atoms with Crippen molar-refractivity contribution >= 4 is 34.8 Å². The molecule has 1 unspecified atom stereocenters. The first-order valence-electron chi connectivity index (χ1n) is 7.97. The number of benzene rings is 1. The Labute approximate surface area is 144 Å². The normalized spacial score (nSPS) is 20.0. The van der Waals surface area contributed by atoms with E-state index in [2.05, 4.69) is 10.3 Å². The molecule has 2 aliphatic rings. The van der Waals surface area contributed by atoms with E-state index in [1.165, 1.54) is 0 Å². The maximum absolute atomic E-state index is 12.1. The smallest absolute Gasteiger partial charge is 0.227 e. The Morgan fingerprint density at radius 2 is 2.08 bits per heavy atom. The van der Waals surface area contributed by atoms with E-state index in [0.717, 1.165) is 35.6 Å². The zero-order valence-corrected chi connectivity index (χ0v) is 13.7. The standard InChI is InChI=1S/C18H16ClN3O2/c19-11-3-6-15(20-10-11)14-9-17(23)21-16-8-12(4-5-13(14)16)22-7-1-2-18(22)24/h3-6,8,10,14H,1-2,7,9H2,(H,21,23). The van der Waals surface area contributed by atoms with Gasteiger partial charge in [-0.1, -0.05) is 17.7 Å². The molecule has 122 valence electrons. The molecular formula is C18H16ClN3O2. The topological polar surface area (TPSA) is 62.3 Å². The number of fused-ring (bicyclic) bond motifs is 1. The van der Waals surface area contributed by atoms with Crippen molar-refractivity contribution in [3.8, 4) is 0 Å². The van der Waals surface area contributed by atoms with Crippen molar-refractivity contribution in [3.05, 3.63) is 52.8 Å². The van der Waals surface area contributed by atoms with Crippen LogP contribution < -0.4 is 10.2 Å². The largest absolute Gasteiger partial charge is 0.326 e. The molecule has 0 bridgehead atoms. The van der Waals surface area contributed by atoms with Gasteiger partial charge in [0.2, 0.25) is 11.8 Å². The molecule has 0 spiro atoms. The lowest BCUT2D eigenvalue weighted by Crippen LogP contribution is -2.26. The molecular weight excluding hydrogens is 326 g/mol. The van der Waals surface area contributed by atoms with Crippen LogP contribution in [0.1, 0.15) is 36.4 Å². The number of aromatic nitrogens is 1. The summed E-state index contributed by atoms with van der Waals surface area (Å²) in [6.07, 6.45) is 3.41. The van der Waals surface area contributed by atoms with Crippen LogP contribution in [-0.4, -0.2) is 23.3 Å². The number of pyridine rings is 1. The molecule has 1 aromatic heterocycles. The van der Waals surface area contributed by atoms with E-state index in [4.69, 9.17) is 11.6 Å². The maximum Gasteiger partial charge on any atom is 0.227 e. The van der Waals surface area contributed by atoms with Gasteiger partial charge in [0.25, 0.3) is 0 Å². The Morgan fingerprint density at radius 3 is 2.79 bits per heavy atom. The number of anilines is 2. The molecule has 0 saturated carbocycles. The lowest BCUT2D eigenvalue weighted by Gasteiger charge is -2.27. The Hall–Kier alpha value is -2.40. The second-order valence-electron chi connectivity index (χ2n) is 6.13. The summed E-state index contributed by atoms with van der Waals surface area (Å²) in [6, 6.07) is 9.46. The Bertz CT molecular complexity index is 820. The highest BCUT2D eigenvalue weighted by Gasteiger charge is 2.29. The van der Waals surface area contributed by atoms with Crippen molar-refractivity contribution in [1.29, 1.82) is 0 Å². The maximum atomic E-state index is 12.1. The van der Waals surface area contributed by atoms with Gasteiger partial charge in [0.05, 0.1) is 5.02 Å². The summed E-state index contributed by atoms with van der Waals surface area (Å²) >= 11 is 5.91. The third kappa shape index (κ3) is 2.65. The Balaban J connectivity index is 1.73. The molecule has 5 nitrogen and oxygen atoms in total. The van der Waals surface area contributed by atoms with Crippen molar-refractivity contribution in [1.82, 2.24) is 4.98 Å². The van der Waals surface area contributed by atoms with E-state index in [1.54, 1.807) is 17.2 Å². The zero-order valence-electron chi connectivity index (χ0n) is 13.0. The van der Waals surface area contributed by atoms with Gasteiger partial charge in [-0.25, -0.2) is 0 Å². The first-order chi connectivity index (χ1) is 11.6. The lowest BCUT2D eigenvalue weighted by molar-refractivity contribution is -0.117. The highest BCUT2D eigenvalue weighted by atomic mass is 35.5. The molecule has 1 aromatic carbocycles. The summed E-state index contributed by atoms with van der Waals surface area (Å²) in [6.45, 7) is 0.730. The molecule has 1 N–H and O–H groups in total. The summed E-state index contributed by atoms with van der Waals surface area (Å²) in [5, 5.41) is 3.49. The second-order valence-corrected chi connectivity index (χ2v) is 6.56. The van der Waals surface area contributed by atoms with Crippen LogP contribution in [0.2, 0.25) is 5.02 Å². The minimum absolute atomic E-state index is 0.0471. The van der Waals surface area contributed by atoms with Crippen LogP contribution in [0.15, 0.2) is 36.5 Å². The SMILES string of the molecule is O=C1CC(c2ccc(Cl)cn2)c2ccc(N3CCCC3=O)cc2N1. The van der Waals surface area contributed by atoms with Crippen LogP contribution in [0, 0.1) is 0 Å². The van der Waals surface area contributed by atoms with Crippen molar-refractivity contribution < 1.29 is 9.59 Å². The summed E-state index contributed by atoms with van der Waals surface area (Å²) in [5.41, 5.74) is 3.42. The fourth-order valence-electron chi connectivity index (χ4n) is 3.40. The van der Waals surface area contributed by atoms with E-state index in [1.807, 2.05) is 24.3 Å². The van der Waals surface area contributed by atoms with Gasteiger partial charge in [-0.3, -0.25) is 14.6 Å². The number of nitrogens with zero attached hydrogens (tertiary/aromatic N) is 2. The molecule has 4 rings (SSSR count). The Kier molecular flexibility index (Phi) is 3.73. The van der Waals surface area contributed by atoms with Crippen LogP contribution in [0.5, 0.6) is 0 Å². The fraction of sp³-hybridized carbons (Fsp3) is 0.278. The number of nitrogens with one attached hydrogen (secondary N) is 1. The third-order valence-corrected chi connectivity index (χ3v) is 4.79. The van der Waals surface area contributed by atoms with E-state index >= 15 is 0 Å². The summed E-state index contributed by atoms with van der Waals surface area (Å²) in [4.78, 5) is 30.2. The molecule has 1 fully saturated rings. The molecule has 0 aliphatic carbocycles. The number of hydrogen-bond acceptors (Lipinski definition) is 3. The Morgan fingerprint density at radius 1 is 1.21 bits per heavy atom. The molecule has 1 saturated heterocycles. The molecule has 24 heavy (non-hydrogen) atoms. The molecule has 2 aliphatic heterocycles. The van der Waals surface area contributed by atoms with Gasteiger partial charge in [-0.2, -0.15) is 0 Å². The fourth-order valence-corrected chi connectivity index (χ4v) is 3.51. The predicted octanol–water partition coefficient (Wildman–Crippen LogP) is 3.34. The van der Waals surface area contributed by atoms with Crippen molar-refractivity contribution in [2.75, 3.05) is 16.8 Å². The van der Waals surface area contributed by atoms with Gasteiger partial charge >= 0.3 is 0 Å². The molecule has 3 heterocycles. The number of amides is 2. The molecule has 0 radical (unpaired) electrons. The minimum atomic E-state index is -0.102. The van der Waals surface area contributed by atoms with E-state index in [9.17, 15) is 9.59 Å². The van der Waals surface area contributed by atoms with Gasteiger partial charge in [0.1, 0.15) is 0 Å². The lowest BCUT2D eigenvalue weighted by atomic mass is 9.87. The van der Waals surface area contributed by atoms with Crippen molar-refractivity contribution in [2.45, 2.75) is 25.2 Å². The quantitative estimate of drug-likeness (QED) is 0.911. The van der Waals surface area contributed by atoms with E-state index in [0.29, 0.717) is 17.9 Å². The first kappa shape index (κ1) is 15.1. The van der Waals surface area contributed by atoms with Crippen LogP contribution in [0.4, 0.5) is 11.4 Å². The van der Waals surface area contributed by atoms with Crippen molar-refractivity contribution in [2.24, 2.45) is 0 Å². The molecule has 2 amide bonds. The summed E-state index contributed by atoms with van der Waals surface area (Å²) < 4.78 is 0. The molecule has 1 atom stereocenters. The summed E-state index contributed by atoms with van der Waals surface area (Å²) in [7, 11) is 0. The first-order valence-corrected chi connectivity index (χ1v) is 8.35. The highest BCUT2D eigenvalue weighted by molar-refractivity contribution is 6.30. The van der Waals surface area contributed by atoms with E-state index < -0.39 is 0 Å². The molecule has 2 aromatic rings. The van der Waals surface area contributed by atoms with Crippen LogP contribution >= 0.6 is 11.6 Å². The number of hydrogen-bond donors (Lipinski definition) is 1. The van der Waals surface area contributed by atoms with Crippen molar-refractivity contribution in [3.63, 3.8) is 0 Å². The average molecular weight is 342 g/mol. The zero-order chi connectivity index (χ0) is 16.7. The summed E-state index contributed by atoms with van der Waals surface area (Å²) in [5.74, 6) is -0.0171. The van der Waals surface area contributed by atoms with Crippen LogP contribution in [-0.2, 0) is 9.59 Å². The number of halogens is 1. The predicted molar refractivity (Wildman–Crippen MR) is 92.4 cm³/mol. The highest BCUT2D eigenvalue weighted by Crippen LogP contribution is 2.39. The number of rotatable bonds is 2. The van der Waals surface area contributed by atoms with Gasteiger partial charge in [0, 0.05) is 48.6 Å². The van der Waals surface area contributed by atoms with Gasteiger partial charge in [0.15, 0.2) is 0 Å². The number of carbonyl (C=O) groups excluding carboxylic acids is 2. The van der Waals surface area contributed by atoms with Gasteiger partial charge in [-0.05, 0) is 36.2 Å². The van der Waals surface area contributed by atoms with E-state index in [-0.39, 0.29) is 17.7 Å². The molecule has 6 heteroatoms. The van der Waals surface area contributed by atoms with Gasteiger partial charge < -0.3 is 10.2 Å². The van der Waals surface area contributed by atoms with Crippen LogP contribution in [0.3, 0.4) is 0 Å². The van der Waals surface area contributed by atoms with Crippen LogP contribution in [0.25, 0.3) is 0 Å². The third-order valence-electron chi connectivity index (χ3n) is 4.57.